The first-order valence-electron chi connectivity index (χ1n) is 7.75. The van der Waals surface area contributed by atoms with Crippen LogP contribution < -0.4 is 0 Å². The summed E-state index contributed by atoms with van der Waals surface area (Å²) < 4.78 is 20.4. The van der Waals surface area contributed by atoms with Crippen molar-refractivity contribution in [3.05, 3.63) is 11.7 Å². The largest absolute Gasteiger partial charge is 0.382 e. The topological polar surface area (TPSA) is 86.9 Å². The van der Waals surface area contributed by atoms with Crippen LogP contribution in [0.15, 0.2) is 4.52 Å². The maximum atomic E-state index is 12.3. The number of ether oxygens (including phenoxy) is 3. The maximum absolute atomic E-state index is 12.3. The lowest BCUT2D eigenvalue weighted by atomic mass is 9.81. The Morgan fingerprint density at radius 2 is 2.17 bits per heavy atom. The van der Waals surface area contributed by atoms with Crippen LogP contribution in [0.2, 0.25) is 0 Å². The monoisotopic (exact) mass is 327 g/mol. The van der Waals surface area contributed by atoms with E-state index in [9.17, 15) is 4.79 Å². The lowest BCUT2D eigenvalue weighted by molar-refractivity contribution is -0.138. The summed E-state index contributed by atoms with van der Waals surface area (Å²) in [6, 6.07) is 0. The molecule has 23 heavy (non-hydrogen) atoms. The van der Waals surface area contributed by atoms with Crippen molar-refractivity contribution in [2.75, 3.05) is 47.1 Å². The van der Waals surface area contributed by atoms with Crippen molar-refractivity contribution in [2.45, 2.75) is 31.8 Å². The van der Waals surface area contributed by atoms with E-state index in [1.54, 1.807) is 14.2 Å². The van der Waals surface area contributed by atoms with Gasteiger partial charge in [-0.05, 0) is 12.8 Å². The molecule has 1 amide bonds. The van der Waals surface area contributed by atoms with Crippen LogP contribution in [0, 0.1) is 0 Å². The number of methoxy groups -OCH3 is 2. The molecule has 0 bridgehead atoms. The van der Waals surface area contributed by atoms with Crippen LogP contribution in [0.5, 0.6) is 0 Å². The van der Waals surface area contributed by atoms with Gasteiger partial charge in [-0.25, -0.2) is 0 Å². The molecule has 1 aromatic rings. The maximum Gasteiger partial charge on any atom is 0.252 e. The van der Waals surface area contributed by atoms with Crippen molar-refractivity contribution < 1.29 is 23.5 Å². The van der Waals surface area contributed by atoms with Crippen molar-refractivity contribution in [1.82, 2.24) is 15.0 Å². The van der Waals surface area contributed by atoms with Gasteiger partial charge in [0.15, 0.2) is 5.82 Å². The Balaban J connectivity index is 1.94. The minimum Gasteiger partial charge on any atom is -0.382 e. The minimum atomic E-state index is -0.310. The van der Waals surface area contributed by atoms with Crippen molar-refractivity contribution in [3.63, 3.8) is 0 Å². The fraction of sp³-hybridized carbons (Fsp3) is 0.800. The van der Waals surface area contributed by atoms with Crippen LogP contribution in [0.1, 0.15) is 31.5 Å². The van der Waals surface area contributed by atoms with Gasteiger partial charge >= 0.3 is 0 Å². The number of amides is 1. The van der Waals surface area contributed by atoms with Crippen LogP contribution in [0.4, 0.5) is 0 Å². The Morgan fingerprint density at radius 3 is 2.91 bits per heavy atom. The molecule has 0 aromatic carbocycles. The number of nitrogens with zero attached hydrogens (tertiary/aromatic N) is 3. The molecule has 0 N–H and O–H groups in total. The molecule has 1 saturated heterocycles. The first-order valence-corrected chi connectivity index (χ1v) is 7.75. The van der Waals surface area contributed by atoms with Crippen LogP contribution in [-0.2, 0) is 31.0 Å². The number of rotatable bonds is 8. The minimum absolute atomic E-state index is 0.0207. The second-order valence-corrected chi connectivity index (χ2v) is 5.97. The van der Waals surface area contributed by atoms with Gasteiger partial charge in [-0.2, -0.15) is 4.98 Å². The van der Waals surface area contributed by atoms with Gasteiger partial charge in [0.05, 0.1) is 13.2 Å². The zero-order chi connectivity index (χ0) is 16.7. The van der Waals surface area contributed by atoms with Gasteiger partial charge in [-0.15, -0.1) is 0 Å². The molecule has 1 atom stereocenters. The fourth-order valence-electron chi connectivity index (χ4n) is 2.71. The normalized spacial score (nSPS) is 21.6. The van der Waals surface area contributed by atoms with E-state index in [1.165, 1.54) is 0 Å². The standard InChI is InChI=1S/C15H25N3O5/c1-15(14-16-12(9-21-3)23-17-14)5-4-6-18(11-15)13(19)10-22-8-7-20-2/h4-11H2,1-3H3. The van der Waals surface area contributed by atoms with Gasteiger partial charge in [0.1, 0.15) is 13.2 Å². The quantitative estimate of drug-likeness (QED) is 0.651. The Kier molecular flexibility index (Phi) is 6.49. The number of hydrogen-bond acceptors (Lipinski definition) is 7. The summed E-state index contributed by atoms with van der Waals surface area (Å²) in [7, 11) is 3.18. The smallest absolute Gasteiger partial charge is 0.252 e. The molecular formula is C15H25N3O5. The second kappa shape index (κ2) is 8.37. The summed E-state index contributed by atoms with van der Waals surface area (Å²) in [6.07, 6.45) is 1.81. The number of aromatic nitrogens is 2. The number of piperidine rings is 1. The van der Waals surface area contributed by atoms with Crippen LogP contribution in [0.25, 0.3) is 0 Å². The molecule has 1 aliphatic rings. The Bertz CT molecular complexity index is 507. The zero-order valence-corrected chi connectivity index (χ0v) is 14.0. The molecule has 8 heteroatoms. The lowest BCUT2D eigenvalue weighted by Crippen LogP contribution is -2.48. The highest BCUT2D eigenvalue weighted by molar-refractivity contribution is 5.77. The zero-order valence-electron chi connectivity index (χ0n) is 14.0. The first-order chi connectivity index (χ1) is 11.1. The van der Waals surface area contributed by atoms with E-state index in [1.807, 2.05) is 4.90 Å². The van der Waals surface area contributed by atoms with E-state index < -0.39 is 0 Å². The van der Waals surface area contributed by atoms with Crippen LogP contribution in [0.3, 0.4) is 0 Å². The molecule has 1 aliphatic heterocycles. The second-order valence-electron chi connectivity index (χ2n) is 5.97. The third-order valence-corrected chi connectivity index (χ3v) is 3.98. The van der Waals surface area contributed by atoms with Gasteiger partial charge in [-0.3, -0.25) is 4.79 Å². The average Bonchev–Trinajstić information content (AvgIpc) is 3.01. The SMILES string of the molecule is COCCOCC(=O)N1CCCC(C)(c2noc(COC)n2)C1. The molecule has 2 heterocycles. The highest BCUT2D eigenvalue weighted by Crippen LogP contribution is 2.32. The lowest BCUT2D eigenvalue weighted by Gasteiger charge is -2.38. The number of carbonyl (C=O) groups excluding carboxylic acids is 1. The van der Waals surface area contributed by atoms with Gasteiger partial charge < -0.3 is 23.6 Å². The van der Waals surface area contributed by atoms with E-state index in [4.69, 9.17) is 18.7 Å². The summed E-state index contributed by atoms with van der Waals surface area (Å²) in [6.45, 7) is 4.60. The molecule has 130 valence electrons. The van der Waals surface area contributed by atoms with Crippen molar-refractivity contribution in [3.8, 4) is 0 Å². The van der Waals surface area contributed by atoms with Gasteiger partial charge in [0.2, 0.25) is 5.91 Å². The Hall–Kier alpha value is -1.51. The Labute approximate surface area is 136 Å². The van der Waals surface area contributed by atoms with E-state index in [0.29, 0.717) is 38.1 Å². The molecule has 0 aliphatic carbocycles. The summed E-state index contributed by atoms with van der Waals surface area (Å²) in [5.41, 5.74) is -0.310. The summed E-state index contributed by atoms with van der Waals surface area (Å²) in [4.78, 5) is 18.5. The highest BCUT2D eigenvalue weighted by Gasteiger charge is 2.38. The molecule has 1 unspecified atom stereocenters. The third kappa shape index (κ3) is 4.73. The molecule has 8 nitrogen and oxygen atoms in total. The number of hydrogen-bond donors (Lipinski definition) is 0. The van der Waals surface area contributed by atoms with E-state index >= 15 is 0 Å². The molecular weight excluding hydrogens is 302 g/mol. The van der Waals surface area contributed by atoms with E-state index in [-0.39, 0.29) is 17.9 Å². The fourth-order valence-corrected chi connectivity index (χ4v) is 2.71. The van der Waals surface area contributed by atoms with Crippen molar-refractivity contribution >= 4 is 5.91 Å². The molecule has 0 saturated carbocycles. The van der Waals surface area contributed by atoms with Crippen molar-refractivity contribution in [1.29, 1.82) is 0 Å². The third-order valence-electron chi connectivity index (χ3n) is 3.98. The molecule has 2 rings (SSSR count). The summed E-state index contributed by atoms with van der Waals surface area (Å²) >= 11 is 0. The van der Waals surface area contributed by atoms with Gasteiger partial charge in [-0.1, -0.05) is 12.1 Å². The summed E-state index contributed by atoms with van der Waals surface area (Å²) in [5.74, 6) is 1.06. The van der Waals surface area contributed by atoms with Crippen LogP contribution in [-0.4, -0.2) is 68.1 Å². The highest BCUT2D eigenvalue weighted by atomic mass is 16.5. The molecule has 1 aromatic heterocycles. The van der Waals surface area contributed by atoms with Gasteiger partial charge in [0, 0.05) is 32.7 Å². The molecule has 0 spiro atoms. The molecule has 1 fully saturated rings. The molecule has 0 radical (unpaired) electrons. The average molecular weight is 327 g/mol. The van der Waals surface area contributed by atoms with Gasteiger partial charge in [0.25, 0.3) is 5.89 Å². The van der Waals surface area contributed by atoms with Crippen LogP contribution >= 0.6 is 0 Å². The van der Waals surface area contributed by atoms with E-state index in [0.717, 1.165) is 19.4 Å². The van der Waals surface area contributed by atoms with Crippen molar-refractivity contribution in [2.24, 2.45) is 0 Å². The predicted octanol–water partition coefficient (Wildman–Crippen LogP) is 0.759. The number of likely N-dealkylation sites (tertiary alicyclic amines) is 1. The number of carbonyl (C=O) groups is 1. The summed E-state index contributed by atoms with van der Waals surface area (Å²) in [5, 5.41) is 4.06. The van der Waals surface area contributed by atoms with E-state index in [2.05, 4.69) is 17.1 Å². The Morgan fingerprint density at radius 1 is 1.35 bits per heavy atom. The first kappa shape index (κ1) is 17.8. The predicted molar refractivity (Wildman–Crippen MR) is 80.9 cm³/mol.